The Morgan fingerprint density at radius 1 is 1.19 bits per heavy atom. The third-order valence-corrected chi connectivity index (χ3v) is 5.96. The molecule has 1 aromatic rings. The zero-order valence-corrected chi connectivity index (χ0v) is 14.5. The van der Waals surface area contributed by atoms with E-state index in [1.54, 1.807) is 0 Å². The molecule has 1 fully saturated rings. The number of rotatable bonds is 4. The molecule has 21 heavy (non-hydrogen) atoms. The summed E-state index contributed by atoms with van der Waals surface area (Å²) in [6, 6.07) is 6.58. The Labute approximate surface area is 130 Å². The van der Waals surface area contributed by atoms with E-state index in [1.807, 2.05) is 0 Å². The van der Waals surface area contributed by atoms with Gasteiger partial charge in [0.15, 0.2) is 0 Å². The summed E-state index contributed by atoms with van der Waals surface area (Å²) in [5.74, 6) is 0.765. The lowest BCUT2D eigenvalue weighted by atomic mass is 9.65. The molecule has 0 atom stereocenters. The lowest BCUT2D eigenvalue weighted by molar-refractivity contribution is -0.0277. The van der Waals surface area contributed by atoms with Crippen molar-refractivity contribution in [2.24, 2.45) is 11.3 Å². The molecule has 1 aromatic carbocycles. The van der Waals surface area contributed by atoms with Gasteiger partial charge in [0.05, 0.1) is 5.60 Å². The molecule has 118 valence electrons. The molecule has 0 heterocycles. The van der Waals surface area contributed by atoms with Crippen LogP contribution in [0.2, 0.25) is 0 Å². The van der Waals surface area contributed by atoms with Crippen LogP contribution in [0.5, 0.6) is 0 Å². The number of aryl methyl sites for hydroxylation is 2. The summed E-state index contributed by atoms with van der Waals surface area (Å²) in [6.07, 6.45) is 6.29. The fourth-order valence-electron chi connectivity index (χ4n) is 3.75. The Morgan fingerprint density at radius 2 is 1.81 bits per heavy atom. The van der Waals surface area contributed by atoms with Crippen LogP contribution in [0.4, 0.5) is 0 Å². The molecule has 1 aliphatic carbocycles. The summed E-state index contributed by atoms with van der Waals surface area (Å²) < 4.78 is 0. The smallest absolute Gasteiger partial charge is 0.0688 e. The molecule has 2 rings (SSSR count). The maximum absolute atomic E-state index is 11.0. The van der Waals surface area contributed by atoms with Crippen molar-refractivity contribution >= 4 is 0 Å². The van der Waals surface area contributed by atoms with Crippen LogP contribution in [-0.2, 0) is 6.42 Å². The van der Waals surface area contributed by atoms with Gasteiger partial charge in [0.1, 0.15) is 0 Å². The van der Waals surface area contributed by atoms with E-state index < -0.39 is 5.60 Å². The van der Waals surface area contributed by atoms with E-state index in [0.717, 1.165) is 25.2 Å². The van der Waals surface area contributed by atoms with Crippen LogP contribution in [0.15, 0.2) is 18.2 Å². The van der Waals surface area contributed by atoms with Crippen molar-refractivity contribution in [2.45, 2.75) is 78.7 Å². The zero-order valence-electron chi connectivity index (χ0n) is 14.5. The van der Waals surface area contributed by atoms with Crippen molar-refractivity contribution < 1.29 is 5.11 Å². The molecule has 0 saturated heterocycles. The summed E-state index contributed by atoms with van der Waals surface area (Å²) in [5, 5.41) is 11.0. The minimum atomic E-state index is -0.487. The molecule has 0 aliphatic heterocycles. The second kappa shape index (κ2) is 6.12. The highest BCUT2D eigenvalue weighted by Crippen LogP contribution is 2.44. The summed E-state index contributed by atoms with van der Waals surface area (Å²) >= 11 is 0. The first-order chi connectivity index (χ1) is 9.76. The molecule has 0 aromatic heterocycles. The zero-order chi connectivity index (χ0) is 15.7. The van der Waals surface area contributed by atoms with Gasteiger partial charge in [-0.1, -0.05) is 51.0 Å². The van der Waals surface area contributed by atoms with Gasteiger partial charge in [-0.15, -0.1) is 0 Å². The Hall–Kier alpha value is -0.820. The Bertz CT molecular complexity index is 479. The Morgan fingerprint density at radius 3 is 2.38 bits per heavy atom. The number of benzene rings is 1. The molecule has 1 aliphatic rings. The van der Waals surface area contributed by atoms with Gasteiger partial charge in [-0.2, -0.15) is 0 Å². The molecule has 1 nitrogen and oxygen atoms in total. The average molecular weight is 288 g/mol. The van der Waals surface area contributed by atoms with Crippen LogP contribution >= 0.6 is 0 Å². The first-order valence-electron chi connectivity index (χ1n) is 8.54. The maximum Gasteiger partial charge on any atom is 0.0688 e. The second-order valence-electron chi connectivity index (χ2n) is 7.95. The van der Waals surface area contributed by atoms with Gasteiger partial charge >= 0.3 is 0 Å². The lowest BCUT2D eigenvalue weighted by Crippen LogP contribution is -2.39. The summed E-state index contributed by atoms with van der Waals surface area (Å²) in [7, 11) is 0. The van der Waals surface area contributed by atoms with Crippen molar-refractivity contribution in [3.8, 4) is 0 Å². The highest BCUT2D eigenvalue weighted by Gasteiger charge is 2.38. The van der Waals surface area contributed by atoms with Gasteiger partial charge in [0, 0.05) is 6.42 Å². The van der Waals surface area contributed by atoms with E-state index in [9.17, 15) is 5.11 Å². The third kappa shape index (κ3) is 3.88. The molecule has 0 radical (unpaired) electrons. The number of hydrogen-bond acceptors (Lipinski definition) is 1. The molecule has 0 amide bonds. The predicted octanol–water partition coefficient (Wildman–Crippen LogP) is 5.20. The van der Waals surface area contributed by atoms with Crippen molar-refractivity contribution in [3.63, 3.8) is 0 Å². The maximum atomic E-state index is 11.0. The highest BCUT2D eigenvalue weighted by atomic mass is 16.3. The van der Waals surface area contributed by atoms with Crippen molar-refractivity contribution in [3.05, 3.63) is 34.9 Å². The van der Waals surface area contributed by atoms with E-state index in [0.29, 0.717) is 5.41 Å². The van der Waals surface area contributed by atoms with Crippen molar-refractivity contribution in [1.29, 1.82) is 0 Å². The quantitative estimate of drug-likeness (QED) is 0.807. The van der Waals surface area contributed by atoms with E-state index in [-0.39, 0.29) is 0 Å². The standard InChI is InChI=1S/C20H32O/c1-6-19(4,5)18-9-11-20(21,12-10-18)14-17-13-15(2)7-8-16(17)3/h7-8,13,18,21H,6,9-12,14H2,1-5H3. The van der Waals surface area contributed by atoms with Gasteiger partial charge in [0.2, 0.25) is 0 Å². The fourth-order valence-corrected chi connectivity index (χ4v) is 3.75. The topological polar surface area (TPSA) is 20.2 Å². The monoisotopic (exact) mass is 288 g/mol. The SMILES string of the molecule is CCC(C)(C)C1CCC(O)(Cc2cc(C)ccc2C)CC1. The van der Waals surface area contributed by atoms with Crippen LogP contribution in [0.3, 0.4) is 0 Å². The summed E-state index contributed by atoms with van der Waals surface area (Å²) in [5.41, 5.74) is 3.86. The summed E-state index contributed by atoms with van der Waals surface area (Å²) in [4.78, 5) is 0. The average Bonchev–Trinajstić information content (AvgIpc) is 2.43. The largest absolute Gasteiger partial charge is 0.390 e. The lowest BCUT2D eigenvalue weighted by Gasteiger charge is -2.42. The van der Waals surface area contributed by atoms with E-state index in [4.69, 9.17) is 0 Å². The normalized spacial score (nSPS) is 26.9. The molecule has 0 unspecified atom stereocenters. The molecule has 1 N–H and O–H groups in total. The molecule has 1 heteroatoms. The van der Waals surface area contributed by atoms with Gasteiger partial charge in [-0.05, 0) is 62.0 Å². The highest BCUT2D eigenvalue weighted by molar-refractivity contribution is 5.31. The molecule has 0 bridgehead atoms. The first-order valence-corrected chi connectivity index (χ1v) is 8.54. The third-order valence-electron chi connectivity index (χ3n) is 5.96. The van der Waals surface area contributed by atoms with Crippen molar-refractivity contribution in [1.82, 2.24) is 0 Å². The van der Waals surface area contributed by atoms with Gasteiger partial charge in [0.25, 0.3) is 0 Å². The van der Waals surface area contributed by atoms with Crippen LogP contribution in [0.25, 0.3) is 0 Å². The van der Waals surface area contributed by atoms with Crippen LogP contribution < -0.4 is 0 Å². The van der Waals surface area contributed by atoms with E-state index in [1.165, 1.54) is 36.0 Å². The Balaban J connectivity index is 2.04. The number of aliphatic hydroxyl groups is 1. The van der Waals surface area contributed by atoms with Crippen molar-refractivity contribution in [2.75, 3.05) is 0 Å². The molecule has 1 saturated carbocycles. The van der Waals surface area contributed by atoms with Crippen LogP contribution in [-0.4, -0.2) is 10.7 Å². The Kier molecular flexibility index (Phi) is 4.82. The minimum absolute atomic E-state index is 0.417. The second-order valence-corrected chi connectivity index (χ2v) is 7.95. The molecular weight excluding hydrogens is 256 g/mol. The number of hydrogen-bond donors (Lipinski definition) is 1. The van der Waals surface area contributed by atoms with E-state index >= 15 is 0 Å². The van der Waals surface area contributed by atoms with Gasteiger partial charge in [-0.3, -0.25) is 0 Å². The summed E-state index contributed by atoms with van der Waals surface area (Å²) in [6.45, 7) is 11.3. The molecule has 0 spiro atoms. The van der Waals surface area contributed by atoms with Crippen LogP contribution in [0.1, 0.15) is 69.6 Å². The fraction of sp³-hybridized carbons (Fsp3) is 0.700. The van der Waals surface area contributed by atoms with Gasteiger partial charge < -0.3 is 5.11 Å². The molecular formula is C20H32O. The minimum Gasteiger partial charge on any atom is -0.390 e. The van der Waals surface area contributed by atoms with Crippen LogP contribution in [0, 0.1) is 25.2 Å². The van der Waals surface area contributed by atoms with E-state index in [2.05, 4.69) is 52.8 Å². The first kappa shape index (κ1) is 16.5. The van der Waals surface area contributed by atoms with Gasteiger partial charge in [-0.25, -0.2) is 0 Å². The predicted molar refractivity (Wildman–Crippen MR) is 90.6 cm³/mol.